The molecule has 1 aliphatic carbocycles. The highest BCUT2D eigenvalue weighted by atomic mass is 19.4. The van der Waals surface area contributed by atoms with E-state index in [2.05, 4.69) is 10.4 Å². The first-order chi connectivity index (χ1) is 13.3. The summed E-state index contributed by atoms with van der Waals surface area (Å²) in [4.78, 5) is 24.8. The second-order valence-electron chi connectivity index (χ2n) is 7.04. The molecule has 1 aromatic carbocycles. The van der Waals surface area contributed by atoms with Gasteiger partial charge < -0.3 is 10.1 Å². The third-order valence-corrected chi connectivity index (χ3v) is 5.00. The van der Waals surface area contributed by atoms with Gasteiger partial charge in [-0.2, -0.15) is 18.3 Å². The largest absolute Gasteiger partial charge is 0.417 e. The van der Waals surface area contributed by atoms with E-state index in [0.29, 0.717) is 5.92 Å². The van der Waals surface area contributed by atoms with E-state index in [0.717, 1.165) is 30.7 Å². The minimum atomic E-state index is -4.64. The molecule has 2 fully saturated rings. The van der Waals surface area contributed by atoms with E-state index in [1.165, 1.54) is 22.9 Å². The summed E-state index contributed by atoms with van der Waals surface area (Å²) in [6.45, 7) is 0.235. The molecule has 1 saturated carbocycles. The number of amides is 1. The molecular weight excluding hydrogens is 375 g/mol. The van der Waals surface area contributed by atoms with Crippen LogP contribution in [0.4, 0.5) is 13.2 Å². The Bertz CT molecular complexity index is 953. The first-order valence-corrected chi connectivity index (χ1v) is 8.99. The van der Waals surface area contributed by atoms with Crippen LogP contribution in [0.15, 0.2) is 41.2 Å². The molecule has 9 heteroatoms. The third kappa shape index (κ3) is 3.66. The highest BCUT2D eigenvalue weighted by Gasteiger charge is 2.38. The van der Waals surface area contributed by atoms with Crippen molar-refractivity contribution in [3.8, 4) is 0 Å². The Balaban J connectivity index is 1.58. The van der Waals surface area contributed by atoms with Crippen molar-refractivity contribution in [3.05, 3.63) is 63.6 Å². The average molecular weight is 393 g/mol. The summed E-state index contributed by atoms with van der Waals surface area (Å²) in [6.07, 6.45) is -2.61. The summed E-state index contributed by atoms with van der Waals surface area (Å²) in [7, 11) is 0. The molecule has 2 heterocycles. The van der Waals surface area contributed by atoms with Gasteiger partial charge in [0, 0.05) is 12.0 Å². The predicted molar refractivity (Wildman–Crippen MR) is 93.0 cm³/mol. The van der Waals surface area contributed by atoms with E-state index in [1.807, 2.05) is 0 Å². The van der Waals surface area contributed by atoms with Crippen molar-refractivity contribution in [2.24, 2.45) is 0 Å². The number of nitrogens with one attached hydrogen (secondary N) is 1. The predicted octanol–water partition coefficient (Wildman–Crippen LogP) is 2.51. The van der Waals surface area contributed by atoms with Crippen LogP contribution in [0, 0.1) is 0 Å². The number of benzene rings is 1. The number of alkyl halides is 3. The van der Waals surface area contributed by atoms with Gasteiger partial charge in [0.1, 0.15) is 6.04 Å². The van der Waals surface area contributed by atoms with E-state index in [1.54, 1.807) is 6.07 Å². The Morgan fingerprint density at radius 1 is 1.14 bits per heavy atom. The molecule has 4 rings (SSSR count). The lowest BCUT2D eigenvalue weighted by Gasteiger charge is -2.21. The van der Waals surface area contributed by atoms with E-state index in [9.17, 15) is 22.8 Å². The monoisotopic (exact) mass is 393 g/mol. The molecule has 1 N–H and O–H groups in total. The SMILES string of the molecule is O=C(NC1COCC1n1nc(C2CC2)ccc1=O)c1ccccc1C(F)(F)F. The van der Waals surface area contributed by atoms with Crippen LogP contribution in [-0.4, -0.2) is 34.9 Å². The maximum atomic E-state index is 13.2. The van der Waals surface area contributed by atoms with Gasteiger partial charge in [0.15, 0.2) is 0 Å². The number of aromatic nitrogens is 2. The lowest BCUT2D eigenvalue weighted by atomic mass is 10.1. The van der Waals surface area contributed by atoms with Gasteiger partial charge in [-0.15, -0.1) is 0 Å². The van der Waals surface area contributed by atoms with Crippen LogP contribution < -0.4 is 10.9 Å². The zero-order valence-corrected chi connectivity index (χ0v) is 14.8. The van der Waals surface area contributed by atoms with Crippen molar-refractivity contribution in [2.75, 3.05) is 13.2 Å². The molecule has 148 valence electrons. The Morgan fingerprint density at radius 3 is 2.61 bits per heavy atom. The van der Waals surface area contributed by atoms with Crippen LogP contribution in [0.5, 0.6) is 0 Å². The Morgan fingerprint density at radius 2 is 1.89 bits per heavy atom. The van der Waals surface area contributed by atoms with Crippen LogP contribution in [0.1, 0.15) is 46.4 Å². The van der Waals surface area contributed by atoms with Gasteiger partial charge in [-0.25, -0.2) is 4.68 Å². The van der Waals surface area contributed by atoms with Gasteiger partial charge in [-0.05, 0) is 31.0 Å². The van der Waals surface area contributed by atoms with Gasteiger partial charge in [0.25, 0.3) is 11.5 Å². The first kappa shape index (κ1) is 18.7. The van der Waals surface area contributed by atoms with Gasteiger partial charge in [-0.1, -0.05) is 12.1 Å². The number of carbonyl (C=O) groups excluding carboxylic acids is 1. The average Bonchev–Trinajstić information content (AvgIpc) is 3.41. The van der Waals surface area contributed by atoms with E-state index in [4.69, 9.17) is 4.74 Å². The summed E-state index contributed by atoms with van der Waals surface area (Å²) >= 11 is 0. The van der Waals surface area contributed by atoms with Crippen molar-refractivity contribution >= 4 is 5.91 Å². The molecule has 2 unspecified atom stereocenters. The number of hydrogen-bond donors (Lipinski definition) is 1. The van der Waals surface area contributed by atoms with E-state index < -0.39 is 35.3 Å². The highest BCUT2D eigenvalue weighted by Crippen LogP contribution is 2.38. The molecule has 28 heavy (non-hydrogen) atoms. The number of carbonyl (C=O) groups is 1. The summed E-state index contributed by atoms with van der Waals surface area (Å²) in [5.41, 5.74) is -1.00. The molecule has 6 nitrogen and oxygen atoms in total. The number of halogens is 3. The maximum absolute atomic E-state index is 13.2. The number of hydrogen-bond acceptors (Lipinski definition) is 4. The highest BCUT2D eigenvalue weighted by molar-refractivity contribution is 5.96. The van der Waals surface area contributed by atoms with E-state index in [-0.39, 0.29) is 18.8 Å². The van der Waals surface area contributed by atoms with Crippen LogP contribution in [-0.2, 0) is 10.9 Å². The number of nitrogens with zero attached hydrogens (tertiary/aromatic N) is 2. The van der Waals surface area contributed by atoms with E-state index >= 15 is 0 Å². The Kier molecular flexibility index (Phi) is 4.70. The summed E-state index contributed by atoms with van der Waals surface area (Å²) < 4.78 is 46.2. The first-order valence-electron chi connectivity index (χ1n) is 8.99. The molecule has 0 bridgehead atoms. The van der Waals surface area contributed by atoms with Crippen LogP contribution in [0.25, 0.3) is 0 Å². The third-order valence-electron chi connectivity index (χ3n) is 5.00. The maximum Gasteiger partial charge on any atom is 0.417 e. The molecule has 2 aromatic rings. The quantitative estimate of drug-likeness (QED) is 0.866. The fourth-order valence-corrected chi connectivity index (χ4v) is 3.37. The standard InChI is InChI=1S/C19H18F3N3O3/c20-19(21,22)13-4-2-1-3-12(13)18(27)23-15-9-28-10-16(15)25-17(26)8-7-14(24-25)11-5-6-11/h1-4,7-8,11,15-16H,5-6,9-10H2,(H,23,27). The topological polar surface area (TPSA) is 73.2 Å². The van der Waals surface area contributed by atoms with Gasteiger partial charge in [0.05, 0.1) is 36.1 Å². The summed E-state index contributed by atoms with van der Waals surface area (Å²) in [5, 5.41) is 6.98. The smallest absolute Gasteiger partial charge is 0.377 e. The number of rotatable bonds is 4. The Labute approximate surface area is 158 Å². The second kappa shape index (κ2) is 7.05. The fourth-order valence-electron chi connectivity index (χ4n) is 3.37. The fraction of sp³-hybridized carbons (Fsp3) is 0.421. The lowest BCUT2D eigenvalue weighted by molar-refractivity contribution is -0.137. The zero-order valence-electron chi connectivity index (χ0n) is 14.8. The lowest BCUT2D eigenvalue weighted by Crippen LogP contribution is -2.44. The van der Waals surface area contributed by atoms with Crippen molar-refractivity contribution < 1.29 is 22.7 Å². The second-order valence-corrected chi connectivity index (χ2v) is 7.04. The number of ether oxygens (including phenoxy) is 1. The molecule has 1 aromatic heterocycles. The molecular formula is C19H18F3N3O3. The normalized spacial score (nSPS) is 22.2. The molecule has 1 saturated heterocycles. The molecule has 1 aliphatic heterocycles. The van der Waals surface area contributed by atoms with Gasteiger partial charge >= 0.3 is 6.18 Å². The molecule has 2 aliphatic rings. The Hall–Kier alpha value is -2.68. The minimum Gasteiger partial charge on any atom is -0.377 e. The van der Waals surface area contributed by atoms with Crippen molar-refractivity contribution in [3.63, 3.8) is 0 Å². The molecule has 2 atom stereocenters. The van der Waals surface area contributed by atoms with Crippen molar-refractivity contribution in [1.82, 2.24) is 15.1 Å². The van der Waals surface area contributed by atoms with Gasteiger partial charge in [0.2, 0.25) is 0 Å². The summed E-state index contributed by atoms with van der Waals surface area (Å²) in [6, 6.07) is 6.48. The minimum absolute atomic E-state index is 0.0897. The molecule has 0 spiro atoms. The molecule has 1 amide bonds. The van der Waals surface area contributed by atoms with Crippen molar-refractivity contribution in [1.29, 1.82) is 0 Å². The van der Waals surface area contributed by atoms with Crippen LogP contribution in [0.3, 0.4) is 0 Å². The molecule has 0 radical (unpaired) electrons. The van der Waals surface area contributed by atoms with Gasteiger partial charge in [-0.3, -0.25) is 9.59 Å². The van der Waals surface area contributed by atoms with Crippen LogP contribution >= 0.6 is 0 Å². The summed E-state index contributed by atoms with van der Waals surface area (Å²) in [5.74, 6) is -0.527. The van der Waals surface area contributed by atoms with Crippen LogP contribution in [0.2, 0.25) is 0 Å². The van der Waals surface area contributed by atoms with Crippen molar-refractivity contribution in [2.45, 2.75) is 37.0 Å². The zero-order chi connectivity index (χ0) is 19.9.